The third-order valence-electron chi connectivity index (χ3n) is 1.63. The molecule has 0 spiro atoms. The van der Waals surface area contributed by atoms with Crippen LogP contribution in [0.15, 0.2) is 29.2 Å². The van der Waals surface area contributed by atoms with Crippen molar-refractivity contribution in [1.82, 2.24) is 0 Å². The molecule has 0 atom stereocenters. The highest BCUT2D eigenvalue weighted by Gasteiger charge is 2.08. The van der Waals surface area contributed by atoms with Crippen molar-refractivity contribution in [2.45, 2.75) is 4.90 Å². The molecule has 0 aliphatic heterocycles. The van der Waals surface area contributed by atoms with E-state index in [1.807, 2.05) is 0 Å². The van der Waals surface area contributed by atoms with Crippen molar-refractivity contribution >= 4 is 31.7 Å². The Morgan fingerprint density at radius 1 is 1.29 bits per heavy atom. The lowest BCUT2D eigenvalue weighted by Crippen LogP contribution is -2.12. The van der Waals surface area contributed by atoms with Crippen molar-refractivity contribution < 1.29 is 13.2 Å². The second-order valence-electron chi connectivity index (χ2n) is 2.63. The zero-order valence-electron chi connectivity index (χ0n) is 7.10. The highest BCUT2D eigenvalue weighted by molar-refractivity contribution is 9.09. The molecule has 1 rings (SSSR count). The molecule has 0 aliphatic carbocycles. The molecular formula is C8H8BrNO3S. The third-order valence-corrected chi connectivity index (χ3v) is 3.06. The van der Waals surface area contributed by atoms with Crippen LogP contribution >= 0.6 is 15.9 Å². The van der Waals surface area contributed by atoms with Crippen LogP contribution in [-0.4, -0.2) is 19.5 Å². The first-order chi connectivity index (χ1) is 6.45. The average Bonchev–Trinajstić information content (AvgIpc) is 2.15. The Morgan fingerprint density at radius 2 is 1.79 bits per heavy atom. The van der Waals surface area contributed by atoms with E-state index in [2.05, 4.69) is 15.9 Å². The fourth-order valence-corrected chi connectivity index (χ4v) is 1.75. The lowest BCUT2D eigenvalue weighted by atomic mass is 10.2. The van der Waals surface area contributed by atoms with Gasteiger partial charge in [-0.25, -0.2) is 13.6 Å². The highest BCUT2D eigenvalue weighted by atomic mass is 79.9. The van der Waals surface area contributed by atoms with Gasteiger partial charge in [0, 0.05) is 5.56 Å². The summed E-state index contributed by atoms with van der Waals surface area (Å²) in [4.78, 5) is 11.2. The molecule has 0 fully saturated rings. The van der Waals surface area contributed by atoms with E-state index in [0.29, 0.717) is 5.56 Å². The predicted molar refractivity (Wildman–Crippen MR) is 55.9 cm³/mol. The van der Waals surface area contributed by atoms with Gasteiger partial charge in [-0.05, 0) is 12.1 Å². The first kappa shape index (κ1) is 11.4. The number of Topliss-reactive ketones (excluding diaryl/α,β-unsaturated/α-hetero) is 1. The van der Waals surface area contributed by atoms with Crippen molar-refractivity contribution in [3.63, 3.8) is 0 Å². The summed E-state index contributed by atoms with van der Waals surface area (Å²) >= 11 is 3.02. The minimum absolute atomic E-state index is 0.00335. The third kappa shape index (κ3) is 2.63. The maximum atomic E-state index is 11.1. The van der Waals surface area contributed by atoms with Crippen molar-refractivity contribution in [3.8, 4) is 0 Å². The summed E-state index contributed by atoms with van der Waals surface area (Å²) in [6.45, 7) is 0. The molecule has 0 heterocycles. The van der Waals surface area contributed by atoms with E-state index in [1.54, 1.807) is 0 Å². The monoisotopic (exact) mass is 277 g/mol. The molecule has 14 heavy (non-hydrogen) atoms. The van der Waals surface area contributed by atoms with Crippen LogP contribution in [0.4, 0.5) is 0 Å². The number of carbonyl (C=O) groups is 1. The molecule has 0 unspecified atom stereocenters. The molecule has 0 aliphatic rings. The van der Waals surface area contributed by atoms with Crippen LogP contribution in [0.1, 0.15) is 10.4 Å². The molecular weight excluding hydrogens is 270 g/mol. The van der Waals surface area contributed by atoms with Gasteiger partial charge in [-0.2, -0.15) is 0 Å². The number of alkyl halides is 1. The number of hydrogen-bond donors (Lipinski definition) is 1. The molecule has 0 saturated carbocycles. The molecule has 0 bridgehead atoms. The number of hydrogen-bond acceptors (Lipinski definition) is 3. The SMILES string of the molecule is NS(=O)(=O)c1ccc(C(=O)CBr)cc1. The molecule has 0 aromatic heterocycles. The van der Waals surface area contributed by atoms with Gasteiger partial charge in [0.2, 0.25) is 10.0 Å². The summed E-state index contributed by atoms with van der Waals surface area (Å²) in [7, 11) is -3.68. The maximum absolute atomic E-state index is 11.1. The van der Waals surface area contributed by atoms with Gasteiger partial charge in [0.1, 0.15) is 0 Å². The van der Waals surface area contributed by atoms with Crippen molar-refractivity contribution in [1.29, 1.82) is 0 Å². The molecule has 1 aromatic rings. The Labute approximate surface area is 90.3 Å². The minimum Gasteiger partial charge on any atom is -0.293 e. The largest absolute Gasteiger partial charge is 0.293 e. The number of benzene rings is 1. The second kappa shape index (κ2) is 4.20. The number of nitrogens with two attached hydrogens (primary N) is 1. The summed E-state index contributed by atoms with van der Waals surface area (Å²) < 4.78 is 21.7. The zero-order chi connectivity index (χ0) is 10.8. The van der Waals surface area contributed by atoms with E-state index in [1.165, 1.54) is 24.3 Å². The van der Waals surface area contributed by atoms with Crippen LogP contribution in [0.25, 0.3) is 0 Å². The summed E-state index contributed by atoms with van der Waals surface area (Å²) in [6, 6.07) is 5.49. The zero-order valence-corrected chi connectivity index (χ0v) is 9.51. The van der Waals surface area contributed by atoms with Crippen molar-refractivity contribution in [3.05, 3.63) is 29.8 Å². The average molecular weight is 278 g/mol. The Kier molecular flexibility index (Phi) is 3.41. The van der Waals surface area contributed by atoms with Crippen LogP contribution in [0.5, 0.6) is 0 Å². The Balaban J connectivity index is 3.07. The first-order valence-electron chi connectivity index (χ1n) is 3.67. The Morgan fingerprint density at radius 3 is 2.14 bits per heavy atom. The van der Waals surface area contributed by atoms with Crippen molar-refractivity contribution in [2.24, 2.45) is 5.14 Å². The molecule has 76 valence electrons. The van der Waals surface area contributed by atoms with Gasteiger partial charge >= 0.3 is 0 Å². The number of halogens is 1. The summed E-state index contributed by atoms with van der Waals surface area (Å²) in [5.41, 5.74) is 0.453. The molecule has 2 N–H and O–H groups in total. The van der Waals surface area contributed by atoms with Gasteiger partial charge in [-0.1, -0.05) is 28.1 Å². The quantitative estimate of drug-likeness (QED) is 0.659. The summed E-state index contributed by atoms with van der Waals surface area (Å²) in [5.74, 6) is -0.106. The molecule has 0 radical (unpaired) electrons. The normalized spacial score (nSPS) is 11.3. The topological polar surface area (TPSA) is 77.2 Å². The Bertz CT molecular complexity index is 438. The fraction of sp³-hybridized carbons (Fsp3) is 0.125. The van der Waals surface area contributed by atoms with E-state index in [9.17, 15) is 13.2 Å². The van der Waals surface area contributed by atoms with Crippen LogP contribution in [-0.2, 0) is 10.0 Å². The van der Waals surface area contributed by atoms with Gasteiger partial charge < -0.3 is 0 Å². The summed E-state index contributed by atoms with van der Waals surface area (Å²) in [5, 5.41) is 5.10. The van der Waals surface area contributed by atoms with Crippen LogP contribution in [0, 0.1) is 0 Å². The number of carbonyl (C=O) groups excluding carboxylic acids is 1. The van der Waals surface area contributed by atoms with Crippen LogP contribution in [0.3, 0.4) is 0 Å². The fourth-order valence-electron chi connectivity index (χ4n) is 0.908. The molecule has 0 saturated heterocycles. The van der Waals surface area contributed by atoms with Gasteiger partial charge in [0.25, 0.3) is 0 Å². The molecule has 0 amide bonds. The number of sulfonamides is 1. The Hall–Kier alpha value is -0.720. The molecule has 4 nitrogen and oxygen atoms in total. The molecule has 1 aromatic carbocycles. The van der Waals surface area contributed by atoms with Gasteiger partial charge in [0.15, 0.2) is 5.78 Å². The van der Waals surface area contributed by atoms with Gasteiger partial charge in [-0.15, -0.1) is 0 Å². The molecule has 6 heteroatoms. The van der Waals surface area contributed by atoms with Gasteiger partial charge in [-0.3, -0.25) is 4.79 Å². The number of rotatable bonds is 3. The predicted octanol–water partition coefficient (Wildman–Crippen LogP) is 0.912. The van der Waals surface area contributed by atoms with E-state index in [4.69, 9.17) is 5.14 Å². The number of primary sulfonamides is 1. The lowest BCUT2D eigenvalue weighted by molar-refractivity contribution is 0.102. The second-order valence-corrected chi connectivity index (χ2v) is 4.75. The van der Waals surface area contributed by atoms with Gasteiger partial charge in [0.05, 0.1) is 10.2 Å². The van der Waals surface area contributed by atoms with E-state index in [0.717, 1.165) is 0 Å². The standard InChI is InChI=1S/C8H8BrNO3S/c9-5-8(11)6-1-3-7(4-2-6)14(10,12)13/h1-4H,5H2,(H2,10,12,13). The van der Waals surface area contributed by atoms with E-state index >= 15 is 0 Å². The smallest absolute Gasteiger partial charge is 0.238 e. The highest BCUT2D eigenvalue weighted by Crippen LogP contribution is 2.09. The lowest BCUT2D eigenvalue weighted by Gasteiger charge is -1.99. The van der Waals surface area contributed by atoms with E-state index in [-0.39, 0.29) is 16.0 Å². The number of ketones is 1. The van der Waals surface area contributed by atoms with Crippen LogP contribution < -0.4 is 5.14 Å². The minimum atomic E-state index is -3.68. The summed E-state index contributed by atoms with van der Waals surface area (Å²) in [6.07, 6.45) is 0. The van der Waals surface area contributed by atoms with Crippen molar-refractivity contribution in [2.75, 3.05) is 5.33 Å². The van der Waals surface area contributed by atoms with Crippen LogP contribution in [0.2, 0.25) is 0 Å². The first-order valence-corrected chi connectivity index (χ1v) is 6.34. The van der Waals surface area contributed by atoms with E-state index < -0.39 is 10.0 Å². The maximum Gasteiger partial charge on any atom is 0.238 e.